The van der Waals surface area contributed by atoms with Crippen molar-refractivity contribution in [1.29, 1.82) is 0 Å². The van der Waals surface area contributed by atoms with Crippen LogP contribution in [0.5, 0.6) is 0 Å². The average Bonchev–Trinajstić information content (AvgIpc) is 2.81. The van der Waals surface area contributed by atoms with Gasteiger partial charge in [-0.25, -0.2) is 4.79 Å². The number of nitrogens with zero attached hydrogens (tertiary/aromatic N) is 1. The lowest BCUT2D eigenvalue weighted by molar-refractivity contribution is -0.144. The standard InChI is InChI=1S/C19H33N9O8S/c1-8-13(31)26-10(5-12(21)30)16(34)28-19(17(35)36,3-2-4-24-18(22)23)37-7-9(20)14(32)27-11(6-29)15(33)25-8/h8-11,29H,2-7,20H2,1H3,(H2,21,30)(H,25,33)(H,26,31)(H,27,32)(H,28,34)(H,35,36)(H4,22,23,24)/t8-,9-,10?,11?,19+/m0/s1. The van der Waals surface area contributed by atoms with E-state index in [-0.39, 0.29) is 31.1 Å². The Hall–Kier alpha value is -3.64. The molecule has 0 saturated carbocycles. The number of hydrogen-bond acceptors (Lipinski definition) is 10. The van der Waals surface area contributed by atoms with Crippen LogP contribution >= 0.6 is 11.8 Å². The molecule has 5 atom stereocenters. The number of rotatable bonds is 8. The number of nitrogens with one attached hydrogen (secondary N) is 4. The molecule has 18 heteroatoms. The van der Waals surface area contributed by atoms with E-state index in [0.29, 0.717) is 11.8 Å². The number of aliphatic imine (C=N–C) groups is 1. The number of nitrogens with two attached hydrogens (primary N) is 4. The molecule has 1 aliphatic heterocycles. The number of thioether (sulfide) groups is 1. The molecule has 0 spiro atoms. The monoisotopic (exact) mass is 547 g/mol. The van der Waals surface area contributed by atoms with Crippen LogP contribution in [0.4, 0.5) is 0 Å². The number of amides is 5. The molecule has 1 rings (SSSR count). The highest BCUT2D eigenvalue weighted by molar-refractivity contribution is 8.01. The second-order valence-electron chi connectivity index (χ2n) is 8.15. The Labute approximate surface area is 215 Å². The third kappa shape index (κ3) is 9.73. The number of hydrogen-bond donors (Lipinski definition) is 10. The van der Waals surface area contributed by atoms with Gasteiger partial charge in [-0.2, -0.15) is 0 Å². The number of carboxylic acid groups (broad SMARTS) is 1. The third-order valence-electron chi connectivity index (χ3n) is 5.10. The Morgan fingerprint density at radius 3 is 2.19 bits per heavy atom. The summed E-state index contributed by atoms with van der Waals surface area (Å²) in [5.41, 5.74) is 21.6. The van der Waals surface area contributed by atoms with E-state index in [1.54, 1.807) is 0 Å². The van der Waals surface area contributed by atoms with Crippen LogP contribution in [0, 0.1) is 0 Å². The molecule has 1 aliphatic rings. The Kier molecular flexibility index (Phi) is 12.0. The number of aliphatic carboxylic acids is 1. The van der Waals surface area contributed by atoms with Gasteiger partial charge in [0.05, 0.1) is 19.1 Å². The molecule has 37 heavy (non-hydrogen) atoms. The van der Waals surface area contributed by atoms with E-state index in [4.69, 9.17) is 22.9 Å². The van der Waals surface area contributed by atoms with Crippen LogP contribution in [-0.4, -0.2) is 99.6 Å². The molecule has 0 bridgehead atoms. The summed E-state index contributed by atoms with van der Waals surface area (Å²) in [4.78, 5) is 76.3. The van der Waals surface area contributed by atoms with Crippen LogP contribution in [0.2, 0.25) is 0 Å². The number of aliphatic hydroxyl groups is 1. The molecule has 0 radical (unpaired) electrons. The lowest BCUT2D eigenvalue weighted by Gasteiger charge is -2.32. The molecule has 5 amide bonds. The van der Waals surface area contributed by atoms with Crippen molar-refractivity contribution < 1.29 is 39.0 Å². The van der Waals surface area contributed by atoms with Gasteiger partial charge in [-0.05, 0) is 19.8 Å². The third-order valence-corrected chi connectivity index (χ3v) is 6.60. The highest BCUT2D eigenvalue weighted by Gasteiger charge is 2.43. The van der Waals surface area contributed by atoms with Crippen molar-refractivity contribution >= 4 is 53.2 Å². The van der Waals surface area contributed by atoms with Crippen molar-refractivity contribution in [2.75, 3.05) is 18.9 Å². The van der Waals surface area contributed by atoms with Crippen LogP contribution in [0.1, 0.15) is 26.2 Å². The first-order valence-corrected chi connectivity index (χ1v) is 12.0. The minimum absolute atomic E-state index is 0.00522. The Morgan fingerprint density at radius 1 is 1.03 bits per heavy atom. The summed E-state index contributed by atoms with van der Waals surface area (Å²) in [7, 11) is 0. The Morgan fingerprint density at radius 2 is 1.65 bits per heavy atom. The molecule has 1 fully saturated rings. The van der Waals surface area contributed by atoms with Gasteiger partial charge < -0.3 is 54.4 Å². The zero-order chi connectivity index (χ0) is 28.3. The highest BCUT2D eigenvalue weighted by atomic mass is 32.2. The SMILES string of the molecule is C[C@@H]1NC(=O)C(CO)NC(=O)[C@@H](N)CS[C@](CCCN=C(N)N)(C(=O)O)NC(=O)C(CC(N)=O)NC1=O. The highest BCUT2D eigenvalue weighted by Crippen LogP contribution is 2.29. The summed E-state index contributed by atoms with van der Waals surface area (Å²) in [6, 6.07) is -5.75. The first-order chi connectivity index (χ1) is 17.2. The first kappa shape index (κ1) is 31.4. The van der Waals surface area contributed by atoms with Gasteiger partial charge in [0.25, 0.3) is 0 Å². The zero-order valence-corrected chi connectivity index (χ0v) is 20.9. The summed E-state index contributed by atoms with van der Waals surface area (Å²) in [6.45, 7) is 0.416. The maximum atomic E-state index is 13.1. The molecule has 0 aromatic rings. The second-order valence-corrected chi connectivity index (χ2v) is 9.47. The van der Waals surface area contributed by atoms with Crippen molar-refractivity contribution in [3.63, 3.8) is 0 Å². The maximum absolute atomic E-state index is 13.1. The van der Waals surface area contributed by atoms with Crippen LogP contribution < -0.4 is 44.2 Å². The molecule has 17 nitrogen and oxygen atoms in total. The number of carbonyl (C=O) groups excluding carboxylic acids is 5. The fourth-order valence-electron chi connectivity index (χ4n) is 3.08. The fraction of sp³-hybridized carbons (Fsp3) is 0.632. The predicted octanol–water partition coefficient (Wildman–Crippen LogP) is -5.65. The normalized spacial score (nSPS) is 27.9. The van der Waals surface area contributed by atoms with Crippen LogP contribution in [0.15, 0.2) is 4.99 Å². The number of primary amides is 1. The van der Waals surface area contributed by atoms with E-state index < -0.39 is 77.6 Å². The van der Waals surface area contributed by atoms with Crippen molar-refractivity contribution in [1.82, 2.24) is 21.3 Å². The number of aliphatic hydroxyl groups excluding tert-OH is 1. The van der Waals surface area contributed by atoms with Crippen LogP contribution in [0.3, 0.4) is 0 Å². The second kappa shape index (κ2) is 14.2. The number of guanidine groups is 1. The molecule has 208 valence electrons. The zero-order valence-electron chi connectivity index (χ0n) is 20.1. The minimum Gasteiger partial charge on any atom is -0.479 e. The maximum Gasteiger partial charge on any atom is 0.340 e. The van der Waals surface area contributed by atoms with Crippen molar-refractivity contribution in [3.05, 3.63) is 0 Å². The van der Waals surface area contributed by atoms with Gasteiger partial charge >= 0.3 is 5.97 Å². The molecule has 0 aliphatic carbocycles. The van der Waals surface area contributed by atoms with E-state index in [2.05, 4.69) is 26.3 Å². The van der Waals surface area contributed by atoms with Crippen LogP contribution in [-0.2, 0) is 28.8 Å². The molecular weight excluding hydrogens is 514 g/mol. The molecule has 2 unspecified atom stereocenters. The Bertz CT molecular complexity index is 929. The summed E-state index contributed by atoms with van der Waals surface area (Å²) < 4.78 is 0. The van der Waals surface area contributed by atoms with Crippen molar-refractivity contribution in [2.45, 2.75) is 55.2 Å². The van der Waals surface area contributed by atoms with Gasteiger partial charge in [0.15, 0.2) is 10.8 Å². The molecular formula is C19H33N9O8S. The predicted molar refractivity (Wildman–Crippen MR) is 131 cm³/mol. The minimum atomic E-state index is -2.09. The van der Waals surface area contributed by atoms with Gasteiger partial charge in [-0.3, -0.25) is 29.0 Å². The molecule has 14 N–H and O–H groups in total. The Balaban J connectivity index is 3.45. The topological polar surface area (TPSA) is 307 Å². The number of carboxylic acids is 1. The summed E-state index contributed by atoms with van der Waals surface area (Å²) in [5, 5.41) is 28.6. The first-order valence-electron chi connectivity index (χ1n) is 11.0. The fourth-order valence-corrected chi connectivity index (χ4v) is 4.28. The van der Waals surface area contributed by atoms with E-state index in [9.17, 15) is 39.0 Å². The largest absolute Gasteiger partial charge is 0.479 e. The van der Waals surface area contributed by atoms with E-state index in [1.807, 2.05) is 0 Å². The smallest absolute Gasteiger partial charge is 0.340 e. The summed E-state index contributed by atoms with van der Waals surface area (Å²) >= 11 is 0.595. The molecule has 1 saturated heterocycles. The van der Waals surface area contributed by atoms with E-state index >= 15 is 0 Å². The lowest BCUT2D eigenvalue weighted by atomic mass is 10.1. The van der Waals surface area contributed by atoms with Gasteiger partial charge in [-0.15, -0.1) is 11.8 Å². The van der Waals surface area contributed by atoms with Gasteiger partial charge in [-0.1, -0.05) is 0 Å². The van der Waals surface area contributed by atoms with Gasteiger partial charge in [0.2, 0.25) is 29.5 Å². The van der Waals surface area contributed by atoms with E-state index in [0.717, 1.165) is 0 Å². The quantitative estimate of drug-likeness (QED) is 0.0772. The van der Waals surface area contributed by atoms with Crippen LogP contribution in [0.25, 0.3) is 0 Å². The van der Waals surface area contributed by atoms with Gasteiger partial charge in [0.1, 0.15) is 18.1 Å². The average molecular weight is 548 g/mol. The summed E-state index contributed by atoms with van der Waals surface area (Å²) in [5.74, 6) is -6.90. The van der Waals surface area contributed by atoms with Crippen molar-refractivity contribution in [3.8, 4) is 0 Å². The van der Waals surface area contributed by atoms with Gasteiger partial charge in [0, 0.05) is 12.3 Å². The number of carbonyl (C=O) groups is 6. The summed E-state index contributed by atoms with van der Waals surface area (Å²) in [6.07, 6.45) is -0.879. The molecule has 1 heterocycles. The van der Waals surface area contributed by atoms with E-state index in [1.165, 1.54) is 6.92 Å². The molecule has 0 aromatic heterocycles. The van der Waals surface area contributed by atoms with Crippen molar-refractivity contribution in [2.24, 2.45) is 27.9 Å². The lowest BCUT2D eigenvalue weighted by Crippen LogP contribution is -2.60. The molecule has 0 aromatic carbocycles.